The number of methoxy groups -OCH3 is 1. The summed E-state index contributed by atoms with van der Waals surface area (Å²) in [5, 5.41) is 3.40. The number of nitrogens with one attached hydrogen (secondary N) is 1. The van der Waals surface area contributed by atoms with E-state index in [2.05, 4.69) is 24.1 Å². The van der Waals surface area contributed by atoms with Gasteiger partial charge in [0.15, 0.2) is 0 Å². The van der Waals surface area contributed by atoms with Crippen LogP contribution in [0.2, 0.25) is 0 Å². The van der Waals surface area contributed by atoms with Crippen molar-refractivity contribution in [1.82, 2.24) is 4.98 Å². The number of pyridine rings is 1. The lowest BCUT2D eigenvalue weighted by Crippen LogP contribution is -2.44. The normalized spacial score (nSPS) is 20.8. The van der Waals surface area contributed by atoms with Gasteiger partial charge in [0.1, 0.15) is 11.4 Å². The molecule has 2 rings (SSSR count). The van der Waals surface area contributed by atoms with Gasteiger partial charge >= 0.3 is 5.97 Å². The molecule has 1 aliphatic rings. The molecule has 0 aromatic carbocycles. The highest BCUT2D eigenvalue weighted by Gasteiger charge is 2.34. The average molecular weight is 292 g/mol. The number of rotatable bonds is 5. The molecule has 1 aromatic heterocycles. The van der Waals surface area contributed by atoms with Gasteiger partial charge in [0.05, 0.1) is 12.7 Å². The van der Waals surface area contributed by atoms with Crippen molar-refractivity contribution >= 4 is 11.8 Å². The van der Waals surface area contributed by atoms with Gasteiger partial charge in [0.25, 0.3) is 0 Å². The molecule has 0 radical (unpaired) electrons. The summed E-state index contributed by atoms with van der Waals surface area (Å²) in [5.41, 5.74) is 0.418. The second-order valence-corrected chi connectivity index (χ2v) is 5.46. The van der Waals surface area contributed by atoms with Gasteiger partial charge in [-0.25, -0.2) is 9.78 Å². The number of nitrogens with zero attached hydrogens (tertiary/aromatic N) is 1. The number of ether oxygens (including phenoxy) is 2. The molecule has 0 spiro atoms. The lowest BCUT2D eigenvalue weighted by molar-refractivity contribution is -0.0864. The molecule has 1 atom stereocenters. The van der Waals surface area contributed by atoms with E-state index in [9.17, 15) is 4.79 Å². The van der Waals surface area contributed by atoms with E-state index in [0.717, 1.165) is 32.3 Å². The maximum Gasteiger partial charge on any atom is 0.341 e. The highest BCUT2D eigenvalue weighted by atomic mass is 16.5. The van der Waals surface area contributed by atoms with Gasteiger partial charge in [-0.15, -0.1) is 0 Å². The second-order valence-electron chi connectivity index (χ2n) is 5.46. The predicted octanol–water partition coefficient (Wildman–Crippen LogP) is 3.02. The Hall–Kier alpha value is -1.62. The van der Waals surface area contributed by atoms with Crippen LogP contribution in [-0.4, -0.2) is 36.3 Å². The molecule has 0 saturated carbocycles. The van der Waals surface area contributed by atoms with E-state index in [0.29, 0.717) is 11.4 Å². The zero-order valence-corrected chi connectivity index (χ0v) is 13.0. The molecular formula is C16H24N2O3. The maximum atomic E-state index is 11.8. The van der Waals surface area contributed by atoms with Crippen molar-refractivity contribution in [3.05, 3.63) is 23.9 Å². The molecule has 0 aliphatic carbocycles. The van der Waals surface area contributed by atoms with E-state index in [1.165, 1.54) is 7.11 Å². The van der Waals surface area contributed by atoms with Gasteiger partial charge in [0.2, 0.25) is 0 Å². The number of hydrogen-bond acceptors (Lipinski definition) is 5. The van der Waals surface area contributed by atoms with Crippen molar-refractivity contribution in [2.24, 2.45) is 0 Å². The Morgan fingerprint density at radius 2 is 2.29 bits per heavy atom. The largest absolute Gasteiger partial charge is 0.465 e. The van der Waals surface area contributed by atoms with E-state index in [-0.39, 0.29) is 17.6 Å². The minimum absolute atomic E-state index is 0.0594. The second kappa shape index (κ2) is 6.89. The molecule has 1 unspecified atom stereocenters. The molecule has 1 saturated heterocycles. The van der Waals surface area contributed by atoms with Crippen LogP contribution in [0.25, 0.3) is 0 Å². The van der Waals surface area contributed by atoms with Crippen molar-refractivity contribution in [2.75, 3.05) is 19.0 Å². The third-order valence-electron chi connectivity index (χ3n) is 4.34. The van der Waals surface area contributed by atoms with Crippen molar-refractivity contribution in [3.63, 3.8) is 0 Å². The highest BCUT2D eigenvalue weighted by Crippen LogP contribution is 2.32. The fraction of sp³-hybridized carbons (Fsp3) is 0.625. The van der Waals surface area contributed by atoms with E-state index in [4.69, 9.17) is 9.47 Å². The summed E-state index contributed by atoms with van der Waals surface area (Å²) >= 11 is 0. The van der Waals surface area contributed by atoms with E-state index < -0.39 is 0 Å². The molecule has 116 valence electrons. The van der Waals surface area contributed by atoms with Crippen LogP contribution >= 0.6 is 0 Å². The topological polar surface area (TPSA) is 60.5 Å². The standard InChI is InChI=1S/C16H24N2O3/c1-4-16(5-2)11-12(8-10-21-16)18-14-13(15(19)20-3)7-6-9-17-14/h6-7,9,12H,4-5,8,10-11H2,1-3H3,(H,17,18). The van der Waals surface area contributed by atoms with Gasteiger partial charge in [-0.1, -0.05) is 13.8 Å². The van der Waals surface area contributed by atoms with Crippen LogP contribution in [0.15, 0.2) is 18.3 Å². The van der Waals surface area contributed by atoms with E-state index in [1.54, 1.807) is 18.3 Å². The van der Waals surface area contributed by atoms with Gasteiger partial charge < -0.3 is 14.8 Å². The zero-order valence-electron chi connectivity index (χ0n) is 13.0. The molecular weight excluding hydrogens is 268 g/mol. The Kier molecular flexibility index (Phi) is 5.17. The number of aromatic nitrogens is 1. The molecule has 1 fully saturated rings. The minimum Gasteiger partial charge on any atom is -0.465 e. The molecule has 0 amide bonds. The third kappa shape index (κ3) is 3.53. The summed E-state index contributed by atoms with van der Waals surface area (Å²) < 4.78 is 10.8. The maximum absolute atomic E-state index is 11.8. The number of esters is 1. The first-order chi connectivity index (χ1) is 10.1. The van der Waals surface area contributed by atoms with Crippen LogP contribution in [-0.2, 0) is 9.47 Å². The summed E-state index contributed by atoms with van der Waals surface area (Å²) in [6, 6.07) is 3.73. The molecule has 1 N–H and O–H groups in total. The summed E-state index contributed by atoms with van der Waals surface area (Å²) in [4.78, 5) is 16.1. The molecule has 0 bridgehead atoms. The summed E-state index contributed by atoms with van der Waals surface area (Å²) in [5.74, 6) is 0.229. The fourth-order valence-corrected chi connectivity index (χ4v) is 2.88. The molecule has 5 nitrogen and oxygen atoms in total. The smallest absolute Gasteiger partial charge is 0.341 e. The predicted molar refractivity (Wildman–Crippen MR) is 81.5 cm³/mol. The molecule has 2 heterocycles. The van der Waals surface area contributed by atoms with Gasteiger partial charge in [-0.3, -0.25) is 0 Å². The van der Waals surface area contributed by atoms with Crippen LogP contribution in [0, 0.1) is 0 Å². The highest BCUT2D eigenvalue weighted by molar-refractivity contribution is 5.94. The first-order valence-electron chi connectivity index (χ1n) is 7.58. The first-order valence-corrected chi connectivity index (χ1v) is 7.58. The Morgan fingerprint density at radius 3 is 2.95 bits per heavy atom. The van der Waals surface area contributed by atoms with Crippen LogP contribution in [0.5, 0.6) is 0 Å². The SMILES string of the molecule is CCC1(CC)CC(Nc2ncccc2C(=O)OC)CCO1. The molecule has 1 aliphatic heterocycles. The van der Waals surface area contributed by atoms with Crippen molar-refractivity contribution in [1.29, 1.82) is 0 Å². The van der Waals surface area contributed by atoms with E-state index in [1.807, 2.05) is 0 Å². The first kappa shape index (κ1) is 15.8. The van der Waals surface area contributed by atoms with E-state index >= 15 is 0 Å². The Bertz CT molecular complexity index is 486. The van der Waals surface area contributed by atoms with Crippen molar-refractivity contribution < 1.29 is 14.3 Å². The average Bonchev–Trinajstić information content (AvgIpc) is 2.54. The summed E-state index contributed by atoms with van der Waals surface area (Å²) in [6.07, 6.45) is 5.51. The minimum atomic E-state index is -0.366. The monoisotopic (exact) mass is 292 g/mol. The quantitative estimate of drug-likeness (QED) is 0.845. The van der Waals surface area contributed by atoms with Gasteiger partial charge in [-0.2, -0.15) is 0 Å². The van der Waals surface area contributed by atoms with Crippen LogP contribution in [0.3, 0.4) is 0 Å². The fourth-order valence-electron chi connectivity index (χ4n) is 2.88. The van der Waals surface area contributed by atoms with Gasteiger partial charge in [0, 0.05) is 18.8 Å². The van der Waals surface area contributed by atoms with Crippen molar-refractivity contribution in [3.8, 4) is 0 Å². The van der Waals surface area contributed by atoms with Crippen LogP contribution in [0.1, 0.15) is 49.9 Å². The Morgan fingerprint density at radius 1 is 1.52 bits per heavy atom. The Balaban J connectivity index is 2.13. The summed E-state index contributed by atoms with van der Waals surface area (Å²) in [6.45, 7) is 5.05. The third-order valence-corrected chi connectivity index (χ3v) is 4.34. The number of carbonyl (C=O) groups is 1. The lowest BCUT2D eigenvalue weighted by Gasteiger charge is -2.40. The number of anilines is 1. The zero-order chi connectivity index (χ0) is 15.3. The molecule has 5 heteroatoms. The lowest BCUT2D eigenvalue weighted by atomic mass is 9.86. The summed E-state index contributed by atoms with van der Waals surface area (Å²) in [7, 11) is 1.38. The number of carbonyl (C=O) groups excluding carboxylic acids is 1. The van der Waals surface area contributed by atoms with Crippen molar-refractivity contribution in [2.45, 2.75) is 51.2 Å². The van der Waals surface area contributed by atoms with Crippen LogP contribution < -0.4 is 5.32 Å². The van der Waals surface area contributed by atoms with Gasteiger partial charge in [-0.05, 0) is 37.8 Å². The molecule has 21 heavy (non-hydrogen) atoms. The molecule has 1 aromatic rings. The number of hydrogen-bond donors (Lipinski definition) is 1. The van der Waals surface area contributed by atoms with Crippen LogP contribution in [0.4, 0.5) is 5.82 Å². The Labute approximate surface area is 126 Å².